The number of carbonyl (C=O) groups excluding carboxylic acids is 1. The highest BCUT2D eigenvalue weighted by molar-refractivity contribution is 7.90. The quantitative estimate of drug-likeness (QED) is 0.507. The van der Waals surface area contributed by atoms with Crippen LogP contribution < -0.4 is 5.73 Å². The van der Waals surface area contributed by atoms with Gasteiger partial charge in [-0.1, -0.05) is 19.8 Å². The Kier molecular flexibility index (Phi) is 7.47. The van der Waals surface area contributed by atoms with Crippen molar-refractivity contribution < 1.29 is 17.9 Å². The van der Waals surface area contributed by atoms with Crippen LogP contribution >= 0.6 is 0 Å². The SMILES string of the molecule is CCOC(=O)C(N)(CC)CCCCCS(C)(=O)=O. The fourth-order valence-corrected chi connectivity index (χ4v) is 2.41. The Bertz CT molecular complexity index is 353. The third kappa shape index (κ3) is 6.96. The molecule has 1 atom stereocenters. The van der Waals surface area contributed by atoms with E-state index >= 15 is 0 Å². The van der Waals surface area contributed by atoms with Gasteiger partial charge in [0.15, 0.2) is 0 Å². The predicted molar refractivity (Wildman–Crippen MR) is 72.0 cm³/mol. The predicted octanol–water partition coefficient (Wildman–Crippen LogP) is 1.26. The molecule has 5 nitrogen and oxygen atoms in total. The molecule has 0 spiro atoms. The van der Waals surface area contributed by atoms with E-state index in [0.29, 0.717) is 25.9 Å². The number of rotatable bonds is 9. The molecule has 2 N–H and O–H groups in total. The Labute approximate surface area is 110 Å². The van der Waals surface area contributed by atoms with E-state index < -0.39 is 15.4 Å². The second kappa shape index (κ2) is 7.74. The van der Waals surface area contributed by atoms with Gasteiger partial charge in [0.05, 0.1) is 6.61 Å². The van der Waals surface area contributed by atoms with Crippen LogP contribution in [0.4, 0.5) is 0 Å². The van der Waals surface area contributed by atoms with Crippen LogP contribution in [0.3, 0.4) is 0 Å². The lowest BCUT2D eigenvalue weighted by molar-refractivity contribution is -0.150. The maximum atomic E-state index is 11.7. The average Bonchev–Trinajstić information content (AvgIpc) is 2.27. The third-order valence-corrected chi connectivity index (χ3v) is 3.98. The molecule has 0 rings (SSSR count). The molecule has 0 aromatic carbocycles. The largest absolute Gasteiger partial charge is 0.465 e. The first-order valence-electron chi connectivity index (χ1n) is 6.39. The number of ether oxygens (including phenoxy) is 1. The summed E-state index contributed by atoms with van der Waals surface area (Å²) in [5.41, 5.74) is 5.07. The van der Waals surface area contributed by atoms with Crippen LogP contribution in [0.1, 0.15) is 46.0 Å². The second-order valence-corrected chi connectivity index (χ2v) is 6.93. The molecular weight excluding hydrogens is 254 g/mol. The molecule has 0 aliphatic rings. The second-order valence-electron chi connectivity index (χ2n) is 4.67. The molecule has 0 radical (unpaired) electrons. The first kappa shape index (κ1) is 17.4. The Morgan fingerprint density at radius 2 is 1.83 bits per heavy atom. The van der Waals surface area contributed by atoms with Crippen LogP contribution in [0.15, 0.2) is 0 Å². The van der Waals surface area contributed by atoms with Crippen molar-refractivity contribution in [1.29, 1.82) is 0 Å². The van der Waals surface area contributed by atoms with E-state index in [2.05, 4.69) is 0 Å². The van der Waals surface area contributed by atoms with E-state index in [1.54, 1.807) is 6.92 Å². The van der Waals surface area contributed by atoms with Gasteiger partial charge in [0, 0.05) is 12.0 Å². The number of sulfone groups is 1. The van der Waals surface area contributed by atoms with Gasteiger partial charge in [-0.05, 0) is 26.2 Å². The average molecular weight is 279 g/mol. The maximum absolute atomic E-state index is 11.7. The van der Waals surface area contributed by atoms with Gasteiger partial charge in [0.1, 0.15) is 15.4 Å². The standard InChI is InChI=1S/C12H25NO4S/c1-4-12(13,11(14)17-5-2)9-7-6-8-10-18(3,15)16/h4-10,13H2,1-3H3. The van der Waals surface area contributed by atoms with E-state index in [-0.39, 0.29) is 11.7 Å². The Morgan fingerprint density at radius 1 is 1.22 bits per heavy atom. The molecule has 0 saturated carbocycles. The lowest BCUT2D eigenvalue weighted by Crippen LogP contribution is -2.48. The molecule has 0 amide bonds. The summed E-state index contributed by atoms with van der Waals surface area (Å²) >= 11 is 0. The summed E-state index contributed by atoms with van der Waals surface area (Å²) in [4.78, 5) is 11.7. The van der Waals surface area contributed by atoms with Crippen LogP contribution in [0, 0.1) is 0 Å². The fourth-order valence-electron chi connectivity index (χ4n) is 1.68. The van der Waals surface area contributed by atoms with Gasteiger partial charge in [-0.15, -0.1) is 0 Å². The highest BCUT2D eigenvalue weighted by Crippen LogP contribution is 2.18. The molecule has 0 aliphatic carbocycles. The first-order valence-corrected chi connectivity index (χ1v) is 8.45. The van der Waals surface area contributed by atoms with Gasteiger partial charge in [0.2, 0.25) is 0 Å². The van der Waals surface area contributed by atoms with Gasteiger partial charge in [0.25, 0.3) is 0 Å². The van der Waals surface area contributed by atoms with Gasteiger partial charge in [-0.2, -0.15) is 0 Å². The summed E-state index contributed by atoms with van der Waals surface area (Å²) in [7, 11) is -2.89. The zero-order chi connectivity index (χ0) is 14.2. The highest BCUT2D eigenvalue weighted by atomic mass is 32.2. The summed E-state index contributed by atoms with van der Waals surface area (Å²) in [6.07, 6.45) is 4.39. The zero-order valence-electron chi connectivity index (χ0n) is 11.6. The number of carbonyl (C=O) groups is 1. The van der Waals surface area contributed by atoms with E-state index in [9.17, 15) is 13.2 Å². The molecule has 0 saturated heterocycles. The summed E-state index contributed by atoms with van der Waals surface area (Å²) in [6, 6.07) is 0. The first-order chi connectivity index (χ1) is 8.25. The molecule has 18 heavy (non-hydrogen) atoms. The van der Waals surface area contributed by atoms with Crippen molar-refractivity contribution in [2.24, 2.45) is 5.73 Å². The van der Waals surface area contributed by atoms with Crippen molar-refractivity contribution in [2.75, 3.05) is 18.6 Å². The van der Waals surface area contributed by atoms with Crippen LogP contribution in [0.5, 0.6) is 0 Å². The van der Waals surface area contributed by atoms with Crippen molar-refractivity contribution in [3.05, 3.63) is 0 Å². The number of nitrogens with two attached hydrogens (primary N) is 1. The summed E-state index contributed by atoms with van der Waals surface area (Å²) in [5.74, 6) is -0.175. The Hall–Kier alpha value is -0.620. The minimum atomic E-state index is -2.89. The van der Waals surface area contributed by atoms with Gasteiger partial charge in [-0.3, -0.25) is 4.79 Å². The molecule has 0 aliphatic heterocycles. The summed E-state index contributed by atoms with van der Waals surface area (Å²) < 4.78 is 26.8. The topological polar surface area (TPSA) is 86.5 Å². The Morgan fingerprint density at radius 3 is 2.28 bits per heavy atom. The number of hydrogen-bond donors (Lipinski definition) is 1. The molecular formula is C12H25NO4S. The number of unbranched alkanes of at least 4 members (excludes halogenated alkanes) is 2. The summed E-state index contributed by atoms with van der Waals surface area (Å²) in [5, 5.41) is 0. The molecule has 6 heteroatoms. The van der Waals surface area contributed by atoms with Crippen LogP contribution in [0.25, 0.3) is 0 Å². The van der Waals surface area contributed by atoms with Gasteiger partial charge >= 0.3 is 5.97 Å². The summed E-state index contributed by atoms with van der Waals surface area (Å²) in [6.45, 7) is 3.93. The Balaban J connectivity index is 4.04. The molecule has 0 heterocycles. The molecule has 108 valence electrons. The normalized spacial score (nSPS) is 15.1. The molecule has 0 aromatic rings. The van der Waals surface area contributed by atoms with Crippen molar-refractivity contribution in [3.63, 3.8) is 0 Å². The molecule has 0 fully saturated rings. The minimum absolute atomic E-state index is 0.191. The van der Waals surface area contributed by atoms with Crippen molar-refractivity contribution in [3.8, 4) is 0 Å². The van der Waals surface area contributed by atoms with Gasteiger partial charge in [-0.25, -0.2) is 8.42 Å². The monoisotopic (exact) mass is 279 g/mol. The van der Waals surface area contributed by atoms with E-state index in [1.807, 2.05) is 6.92 Å². The smallest absolute Gasteiger partial charge is 0.326 e. The zero-order valence-corrected chi connectivity index (χ0v) is 12.4. The van der Waals surface area contributed by atoms with Crippen LogP contribution in [-0.2, 0) is 19.4 Å². The van der Waals surface area contributed by atoms with E-state index in [4.69, 9.17) is 10.5 Å². The van der Waals surface area contributed by atoms with E-state index in [1.165, 1.54) is 6.26 Å². The van der Waals surface area contributed by atoms with Crippen LogP contribution in [-0.4, -0.2) is 38.5 Å². The molecule has 0 bridgehead atoms. The molecule has 1 unspecified atom stereocenters. The number of hydrogen-bond acceptors (Lipinski definition) is 5. The minimum Gasteiger partial charge on any atom is -0.465 e. The lowest BCUT2D eigenvalue weighted by Gasteiger charge is -2.25. The van der Waals surface area contributed by atoms with E-state index in [0.717, 1.165) is 12.8 Å². The number of esters is 1. The van der Waals surface area contributed by atoms with Gasteiger partial charge < -0.3 is 10.5 Å². The highest BCUT2D eigenvalue weighted by Gasteiger charge is 2.32. The third-order valence-electron chi connectivity index (χ3n) is 2.95. The lowest BCUT2D eigenvalue weighted by atomic mass is 9.90. The van der Waals surface area contributed by atoms with Crippen molar-refractivity contribution in [1.82, 2.24) is 0 Å². The van der Waals surface area contributed by atoms with Crippen molar-refractivity contribution >= 4 is 15.8 Å². The molecule has 0 aromatic heterocycles. The van der Waals surface area contributed by atoms with Crippen LogP contribution in [0.2, 0.25) is 0 Å². The maximum Gasteiger partial charge on any atom is 0.326 e. The van der Waals surface area contributed by atoms with Crippen molar-refractivity contribution in [2.45, 2.75) is 51.5 Å². The fraction of sp³-hybridized carbons (Fsp3) is 0.917.